The van der Waals surface area contributed by atoms with Gasteiger partial charge < -0.3 is 9.73 Å². The quantitative estimate of drug-likeness (QED) is 0.846. The first-order valence-electron chi connectivity index (χ1n) is 6.18. The number of aryl methyl sites for hydroxylation is 2. The van der Waals surface area contributed by atoms with Crippen LogP contribution in [-0.2, 0) is 4.79 Å². The summed E-state index contributed by atoms with van der Waals surface area (Å²) >= 11 is 0. The zero-order valence-electron chi connectivity index (χ0n) is 11.4. The Hall–Kier alpha value is -2.29. The van der Waals surface area contributed by atoms with Gasteiger partial charge >= 0.3 is 0 Å². The third-order valence-corrected chi connectivity index (χ3v) is 3.02. The second-order valence-electron chi connectivity index (χ2n) is 4.52. The van der Waals surface area contributed by atoms with Gasteiger partial charge in [-0.25, -0.2) is 0 Å². The molecule has 1 aromatic heterocycles. The van der Waals surface area contributed by atoms with Crippen molar-refractivity contribution >= 4 is 17.7 Å². The van der Waals surface area contributed by atoms with Crippen LogP contribution in [0, 0.1) is 20.8 Å². The van der Waals surface area contributed by atoms with Crippen molar-refractivity contribution in [1.82, 2.24) is 0 Å². The van der Waals surface area contributed by atoms with Crippen LogP contribution in [-0.4, -0.2) is 5.91 Å². The Bertz CT molecular complexity index is 623. The van der Waals surface area contributed by atoms with Crippen LogP contribution < -0.4 is 5.32 Å². The molecule has 98 valence electrons. The van der Waals surface area contributed by atoms with Crippen molar-refractivity contribution < 1.29 is 9.21 Å². The van der Waals surface area contributed by atoms with Crippen molar-refractivity contribution in [2.75, 3.05) is 5.32 Å². The van der Waals surface area contributed by atoms with Crippen LogP contribution in [0.5, 0.6) is 0 Å². The molecule has 0 radical (unpaired) electrons. The van der Waals surface area contributed by atoms with Gasteiger partial charge in [-0.3, -0.25) is 4.79 Å². The molecule has 19 heavy (non-hydrogen) atoms. The number of furan rings is 1. The number of hydrogen-bond acceptors (Lipinski definition) is 2. The molecule has 1 aromatic carbocycles. The van der Waals surface area contributed by atoms with Crippen LogP contribution in [0.15, 0.2) is 40.8 Å². The molecule has 0 unspecified atom stereocenters. The molecular weight excluding hydrogens is 238 g/mol. The van der Waals surface area contributed by atoms with Crippen LogP contribution in [0.4, 0.5) is 5.69 Å². The summed E-state index contributed by atoms with van der Waals surface area (Å²) in [5.74, 6) is 1.34. The van der Waals surface area contributed by atoms with Gasteiger partial charge in [-0.1, -0.05) is 12.1 Å². The fraction of sp³-hybridized carbons (Fsp3) is 0.188. The number of benzene rings is 1. The molecule has 1 heterocycles. The standard InChI is InChI=1S/C16H17NO2/c1-11-5-4-6-15(13(11)3)17-16(18)10-9-14-8-7-12(2)19-14/h4-10H,1-3H3,(H,17,18)/b10-9-. The van der Waals surface area contributed by atoms with Crippen molar-refractivity contribution in [2.24, 2.45) is 0 Å². The van der Waals surface area contributed by atoms with Gasteiger partial charge in [-0.15, -0.1) is 0 Å². The highest BCUT2D eigenvalue weighted by atomic mass is 16.3. The minimum Gasteiger partial charge on any atom is -0.462 e. The Labute approximate surface area is 112 Å². The molecule has 1 N–H and O–H groups in total. The third kappa shape index (κ3) is 3.35. The number of anilines is 1. The lowest BCUT2D eigenvalue weighted by Gasteiger charge is -2.08. The first-order valence-corrected chi connectivity index (χ1v) is 6.18. The molecule has 0 aliphatic carbocycles. The lowest BCUT2D eigenvalue weighted by molar-refractivity contribution is -0.111. The van der Waals surface area contributed by atoms with Crippen molar-refractivity contribution in [3.63, 3.8) is 0 Å². The molecule has 0 aliphatic rings. The molecule has 1 amide bonds. The van der Waals surface area contributed by atoms with E-state index < -0.39 is 0 Å². The molecule has 0 saturated heterocycles. The molecule has 3 nitrogen and oxygen atoms in total. The fourth-order valence-electron chi connectivity index (χ4n) is 1.76. The van der Waals surface area contributed by atoms with Gasteiger partial charge in [0.25, 0.3) is 0 Å². The number of hydrogen-bond donors (Lipinski definition) is 1. The highest BCUT2D eigenvalue weighted by Crippen LogP contribution is 2.18. The molecule has 0 saturated carbocycles. The Kier molecular flexibility index (Phi) is 3.85. The van der Waals surface area contributed by atoms with Crippen LogP contribution in [0.2, 0.25) is 0 Å². The van der Waals surface area contributed by atoms with E-state index in [0.29, 0.717) is 5.76 Å². The number of rotatable bonds is 3. The van der Waals surface area contributed by atoms with Crippen LogP contribution in [0.25, 0.3) is 6.08 Å². The fourth-order valence-corrected chi connectivity index (χ4v) is 1.76. The maximum Gasteiger partial charge on any atom is 0.248 e. The summed E-state index contributed by atoms with van der Waals surface area (Å²) in [6.07, 6.45) is 3.13. The summed E-state index contributed by atoms with van der Waals surface area (Å²) in [6, 6.07) is 9.54. The van der Waals surface area contributed by atoms with Crippen LogP contribution in [0.1, 0.15) is 22.6 Å². The number of carbonyl (C=O) groups is 1. The van der Waals surface area contributed by atoms with E-state index in [1.165, 1.54) is 6.08 Å². The van der Waals surface area contributed by atoms with Crippen molar-refractivity contribution in [3.8, 4) is 0 Å². The molecular formula is C16H17NO2. The smallest absolute Gasteiger partial charge is 0.248 e. The van der Waals surface area contributed by atoms with Crippen molar-refractivity contribution in [1.29, 1.82) is 0 Å². The Morgan fingerprint density at radius 3 is 2.63 bits per heavy atom. The van der Waals surface area contributed by atoms with E-state index in [9.17, 15) is 4.79 Å². The summed E-state index contributed by atoms with van der Waals surface area (Å²) in [5, 5.41) is 2.86. The number of carbonyl (C=O) groups excluding carboxylic acids is 1. The molecule has 0 bridgehead atoms. The van der Waals surface area contributed by atoms with Gasteiger partial charge in [0.05, 0.1) is 0 Å². The van der Waals surface area contributed by atoms with Gasteiger partial charge in [0.1, 0.15) is 11.5 Å². The monoisotopic (exact) mass is 255 g/mol. The van der Waals surface area contributed by atoms with E-state index >= 15 is 0 Å². The SMILES string of the molecule is Cc1ccc(/C=C\C(=O)Nc2cccc(C)c2C)o1. The van der Waals surface area contributed by atoms with Gasteiger partial charge in [-0.2, -0.15) is 0 Å². The number of amides is 1. The molecule has 0 atom stereocenters. The first-order chi connectivity index (χ1) is 9.06. The summed E-state index contributed by atoms with van der Waals surface area (Å²) < 4.78 is 5.36. The minimum atomic E-state index is -0.164. The molecule has 2 aromatic rings. The van der Waals surface area contributed by atoms with E-state index in [0.717, 1.165) is 22.6 Å². The molecule has 0 spiro atoms. The summed E-state index contributed by atoms with van der Waals surface area (Å²) in [4.78, 5) is 11.8. The summed E-state index contributed by atoms with van der Waals surface area (Å²) in [6.45, 7) is 5.88. The van der Waals surface area contributed by atoms with E-state index in [-0.39, 0.29) is 5.91 Å². The molecule has 0 aliphatic heterocycles. The maximum atomic E-state index is 11.8. The predicted molar refractivity (Wildman–Crippen MR) is 77.0 cm³/mol. The normalized spacial score (nSPS) is 10.9. The van der Waals surface area contributed by atoms with Gasteiger partial charge in [0.2, 0.25) is 5.91 Å². The molecule has 2 rings (SSSR count). The lowest BCUT2D eigenvalue weighted by atomic mass is 10.1. The second kappa shape index (κ2) is 5.57. The Morgan fingerprint density at radius 2 is 1.95 bits per heavy atom. The zero-order valence-corrected chi connectivity index (χ0v) is 11.4. The highest BCUT2D eigenvalue weighted by molar-refractivity contribution is 6.02. The van der Waals surface area contributed by atoms with Crippen molar-refractivity contribution in [3.05, 3.63) is 59.1 Å². The maximum absolute atomic E-state index is 11.8. The largest absolute Gasteiger partial charge is 0.462 e. The topological polar surface area (TPSA) is 42.2 Å². The predicted octanol–water partition coefficient (Wildman–Crippen LogP) is 3.86. The van der Waals surface area contributed by atoms with E-state index in [4.69, 9.17) is 4.42 Å². The second-order valence-corrected chi connectivity index (χ2v) is 4.52. The van der Waals surface area contributed by atoms with E-state index in [1.807, 2.05) is 51.1 Å². The van der Waals surface area contributed by atoms with Crippen LogP contribution >= 0.6 is 0 Å². The van der Waals surface area contributed by atoms with Crippen molar-refractivity contribution in [2.45, 2.75) is 20.8 Å². The van der Waals surface area contributed by atoms with E-state index in [2.05, 4.69) is 5.32 Å². The van der Waals surface area contributed by atoms with Gasteiger partial charge in [0.15, 0.2) is 0 Å². The summed E-state index contributed by atoms with van der Waals surface area (Å²) in [5.41, 5.74) is 3.08. The van der Waals surface area contributed by atoms with E-state index in [1.54, 1.807) is 6.08 Å². The lowest BCUT2D eigenvalue weighted by Crippen LogP contribution is -2.09. The van der Waals surface area contributed by atoms with Gasteiger partial charge in [0, 0.05) is 11.8 Å². The first kappa shape index (κ1) is 13.1. The Balaban J connectivity index is 2.05. The van der Waals surface area contributed by atoms with Crippen LogP contribution in [0.3, 0.4) is 0 Å². The highest BCUT2D eigenvalue weighted by Gasteiger charge is 2.03. The summed E-state index contributed by atoms with van der Waals surface area (Å²) in [7, 11) is 0. The average Bonchev–Trinajstić information content (AvgIpc) is 2.78. The number of nitrogens with one attached hydrogen (secondary N) is 1. The Morgan fingerprint density at radius 1 is 1.16 bits per heavy atom. The molecule has 3 heteroatoms. The molecule has 0 fully saturated rings. The zero-order chi connectivity index (χ0) is 13.8. The third-order valence-electron chi connectivity index (χ3n) is 3.02. The minimum absolute atomic E-state index is 0.164. The average molecular weight is 255 g/mol. The van der Waals surface area contributed by atoms with Gasteiger partial charge in [-0.05, 0) is 56.2 Å².